The summed E-state index contributed by atoms with van der Waals surface area (Å²) in [5.74, 6) is 5.95. The predicted molar refractivity (Wildman–Crippen MR) is 100 cm³/mol. The van der Waals surface area contributed by atoms with Gasteiger partial charge in [-0.1, -0.05) is 54.3 Å². The standard InChI is InChI=1S/C23H16O3/c1-17(24)19-13-15-21(16-14-19)23(25)26-22-10-6-5-9-20(22)12-11-18-7-3-2-4-8-18/h2-10,13-16H,1H3. The van der Waals surface area contributed by atoms with Gasteiger partial charge in [-0.2, -0.15) is 0 Å². The first-order valence-corrected chi connectivity index (χ1v) is 8.13. The second kappa shape index (κ2) is 7.96. The molecule has 0 unspecified atom stereocenters. The van der Waals surface area contributed by atoms with Crippen molar-refractivity contribution in [3.8, 4) is 17.6 Å². The van der Waals surface area contributed by atoms with E-state index in [2.05, 4.69) is 11.8 Å². The van der Waals surface area contributed by atoms with E-state index in [0.29, 0.717) is 22.4 Å². The van der Waals surface area contributed by atoms with E-state index >= 15 is 0 Å². The zero-order valence-corrected chi connectivity index (χ0v) is 14.2. The molecule has 0 aliphatic rings. The minimum Gasteiger partial charge on any atom is -0.422 e. The van der Waals surface area contributed by atoms with Gasteiger partial charge in [-0.25, -0.2) is 4.79 Å². The molecule has 3 heteroatoms. The van der Waals surface area contributed by atoms with Crippen LogP contribution in [0.25, 0.3) is 0 Å². The Balaban J connectivity index is 1.81. The molecule has 0 amide bonds. The summed E-state index contributed by atoms with van der Waals surface area (Å²) in [6, 6.07) is 23.1. The average molecular weight is 340 g/mol. The Bertz CT molecular complexity index is 991. The Morgan fingerprint density at radius 3 is 2.04 bits per heavy atom. The highest BCUT2D eigenvalue weighted by Gasteiger charge is 2.11. The molecule has 0 fully saturated rings. The molecule has 0 radical (unpaired) electrons. The maximum Gasteiger partial charge on any atom is 0.343 e. The van der Waals surface area contributed by atoms with Gasteiger partial charge in [-0.3, -0.25) is 4.79 Å². The SMILES string of the molecule is CC(=O)c1ccc(C(=O)Oc2ccccc2C#Cc2ccccc2)cc1. The summed E-state index contributed by atoms with van der Waals surface area (Å²) in [4.78, 5) is 23.7. The van der Waals surface area contributed by atoms with Crippen LogP contribution in [0.1, 0.15) is 38.8 Å². The van der Waals surface area contributed by atoms with Crippen LogP contribution in [0.3, 0.4) is 0 Å². The van der Waals surface area contributed by atoms with Gasteiger partial charge in [0.2, 0.25) is 0 Å². The van der Waals surface area contributed by atoms with Crippen molar-refractivity contribution in [3.05, 3.63) is 101 Å². The van der Waals surface area contributed by atoms with E-state index in [4.69, 9.17) is 4.74 Å². The highest BCUT2D eigenvalue weighted by molar-refractivity contribution is 5.96. The van der Waals surface area contributed by atoms with Crippen molar-refractivity contribution in [2.24, 2.45) is 0 Å². The van der Waals surface area contributed by atoms with Gasteiger partial charge < -0.3 is 4.74 Å². The Morgan fingerprint density at radius 2 is 1.35 bits per heavy atom. The van der Waals surface area contributed by atoms with E-state index < -0.39 is 5.97 Å². The molecule has 3 aromatic carbocycles. The first-order valence-electron chi connectivity index (χ1n) is 8.13. The third-order valence-corrected chi connectivity index (χ3v) is 3.73. The summed E-state index contributed by atoms with van der Waals surface area (Å²) in [6.45, 7) is 1.48. The number of hydrogen-bond donors (Lipinski definition) is 0. The minimum absolute atomic E-state index is 0.0496. The molecular formula is C23H16O3. The first-order chi connectivity index (χ1) is 12.6. The van der Waals surface area contributed by atoms with Crippen molar-refractivity contribution in [3.63, 3.8) is 0 Å². The number of hydrogen-bond acceptors (Lipinski definition) is 3. The molecule has 0 spiro atoms. The molecule has 3 rings (SSSR count). The number of ether oxygens (including phenoxy) is 1. The van der Waals surface area contributed by atoms with Crippen molar-refractivity contribution in [2.45, 2.75) is 6.92 Å². The normalized spacial score (nSPS) is 9.73. The zero-order valence-electron chi connectivity index (χ0n) is 14.2. The quantitative estimate of drug-likeness (QED) is 0.305. The monoisotopic (exact) mass is 340 g/mol. The number of para-hydroxylation sites is 1. The number of Topliss-reactive ketones (excluding diaryl/α,β-unsaturated/α-hetero) is 1. The Morgan fingerprint density at radius 1 is 0.731 bits per heavy atom. The summed E-state index contributed by atoms with van der Waals surface area (Å²) in [5.41, 5.74) is 2.44. The molecule has 0 saturated heterocycles. The molecule has 0 aromatic heterocycles. The average Bonchev–Trinajstić information content (AvgIpc) is 2.68. The Labute approximate surface area is 152 Å². The third-order valence-electron chi connectivity index (χ3n) is 3.73. The summed E-state index contributed by atoms with van der Waals surface area (Å²) < 4.78 is 5.49. The van der Waals surface area contributed by atoms with Crippen molar-refractivity contribution in [1.29, 1.82) is 0 Å². The van der Waals surface area contributed by atoms with Gasteiger partial charge in [0, 0.05) is 11.1 Å². The minimum atomic E-state index is -0.492. The molecular weight excluding hydrogens is 324 g/mol. The molecule has 0 bridgehead atoms. The fraction of sp³-hybridized carbons (Fsp3) is 0.0435. The smallest absolute Gasteiger partial charge is 0.343 e. The molecule has 0 saturated carbocycles. The lowest BCUT2D eigenvalue weighted by Gasteiger charge is -2.06. The van der Waals surface area contributed by atoms with Gasteiger partial charge in [0.25, 0.3) is 0 Å². The van der Waals surface area contributed by atoms with Gasteiger partial charge in [0.1, 0.15) is 5.75 Å². The number of esters is 1. The second-order valence-electron chi connectivity index (χ2n) is 5.64. The van der Waals surface area contributed by atoms with Crippen LogP contribution in [0.2, 0.25) is 0 Å². The lowest BCUT2D eigenvalue weighted by atomic mass is 10.1. The van der Waals surface area contributed by atoms with Crippen molar-refractivity contribution in [1.82, 2.24) is 0 Å². The van der Waals surface area contributed by atoms with Crippen LogP contribution < -0.4 is 4.74 Å². The first kappa shape index (κ1) is 17.2. The van der Waals surface area contributed by atoms with Crippen molar-refractivity contribution < 1.29 is 14.3 Å². The Hall–Kier alpha value is -3.64. The molecule has 0 aliphatic carbocycles. The summed E-state index contributed by atoms with van der Waals surface area (Å²) >= 11 is 0. The second-order valence-corrected chi connectivity index (χ2v) is 5.64. The van der Waals surface area contributed by atoms with E-state index in [9.17, 15) is 9.59 Å². The number of benzene rings is 3. The van der Waals surface area contributed by atoms with Crippen LogP contribution in [0.15, 0.2) is 78.9 Å². The fourth-order valence-corrected chi connectivity index (χ4v) is 2.32. The molecule has 26 heavy (non-hydrogen) atoms. The van der Waals surface area contributed by atoms with Crippen LogP contribution >= 0.6 is 0 Å². The topological polar surface area (TPSA) is 43.4 Å². The third kappa shape index (κ3) is 4.25. The maximum absolute atomic E-state index is 12.4. The molecule has 0 N–H and O–H groups in total. The largest absolute Gasteiger partial charge is 0.422 e. The maximum atomic E-state index is 12.4. The van der Waals surface area contributed by atoms with Crippen LogP contribution in [0.4, 0.5) is 0 Å². The van der Waals surface area contributed by atoms with Gasteiger partial charge in [-0.15, -0.1) is 0 Å². The van der Waals surface area contributed by atoms with Crippen LogP contribution in [0.5, 0.6) is 5.75 Å². The molecule has 0 aliphatic heterocycles. The van der Waals surface area contributed by atoms with E-state index in [0.717, 1.165) is 5.56 Å². The Kier molecular flexibility index (Phi) is 5.26. The summed E-state index contributed by atoms with van der Waals surface area (Å²) in [5, 5.41) is 0. The molecule has 0 heterocycles. The zero-order chi connectivity index (χ0) is 18.4. The van der Waals surface area contributed by atoms with Gasteiger partial charge in [0.05, 0.1) is 11.1 Å². The highest BCUT2D eigenvalue weighted by atomic mass is 16.5. The number of carbonyl (C=O) groups is 2. The van der Waals surface area contributed by atoms with Crippen molar-refractivity contribution in [2.75, 3.05) is 0 Å². The van der Waals surface area contributed by atoms with E-state index in [-0.39, 0.29) is 5.78 Å². The van der Waals surface area contributed by atoms with Crippen LogP contribution in [-0.2, 0) is 0 Å². The number of ketones is 1. The predicted octanol–water partition coefficient (Wildman–Crippen LogP) is 4.51. The van der Waals surface area contributed by atoms with E-state index in [1.165, 1.54) is 6.92 Å². The summed E-state index contributed by atoms with van der Waals surface area (Å²) in [7, 11) is 0. The number of carbonyl (C=O) groups excluding carboxylic acids is 2. The van der Waals surface area contributed by atoms with Crippen LogP contribution in [0, 0.1) is 11.8 Å². The van der Waals surface area contributed by atoms with Gasteiger partial charge in [0.15, 0.2) is 5.78 Å². The highest BCUT2D eigenvalue weighted by Crippen LogP contribution is 2.19. The number of rotatable bonds is 3. The van der Waals surface area contributed by atoms with Gasteiger partial charge in [-0.05, 0) is 43.3 Å². The molecule has 126 valence electrons. The molecule has 0 atom stereocenters. The summed E-state index contributed by atoms with van der Waals surface area (Å²) in [6.07, 6.45) is 0. The van der Waals surface area contributed by atoms with E-state index in [1.807, 2.05) is 36.4 Å². The lowest BCUT2D eigenvalue weighted by Crippen LogP contribution is -2.09. The molecule has 3 aromatic rings. The lowest BCUT2D eigenvalue weighted by molar-refractivity contribution is 0.0733. The molecule has 3 nitrogen and oxygen atoms in total. The fourth-order valence-electron chi connectivity index (χ4n) is 2.32. The van der Waals surface area contributed by atoms with Crippen LogP contribution in [-0.4, -0.2) is 11.8 Å². The van der Waals surface area contributed by atoms with Gasteiger partial charge >= 0.3 is 5.97 Å². The van der Waals surface area contributed by atoms with Crippen molar-refractivity contribution >= 4 is 11.8 Å². The van der Waals surface area contributed by atoms with E-state index in [1.54, 1.807) is 42.5 Å².